The molecule has 0 saturated carbocycles. The number of nitrogens with zero attached hydrogens (tertiary/aromatic N) is 2. The molecular weight excluding hydrogens is 637 g/mol. The first kappa shape index (κ1) is 29.1. The van der Waals surface area contributed by atoms with Crippen molar-refractivity contribution in [3.05, 3.63) is 187 Å². The van der Waals surface area contributed by atoms with Crippen LogP contribution in [-0.4, -0.2) is 10.4 Å². The van der Waals surface area contributed by atoms with Crippen LogP contribution in [0.4, 0.5) is 0 Å². The third-order valence-corrected chi connectivity index (χ3v) is 10.6. The maximum absolute atomic E-state index is 6.39. The largest absolute Gasteiger partial charge is 0.456 e. The smallest absolute Gasteiger partial charge is 0.136 e. The molecule has 10 aromatic rings. The molecule has 1 aliphatic rings. The van der Waals surface area contributed by atoms with E-state index in [1.165, 1.54) is 48.9 Å². The molecule has 0 aliphatic carbocycles. The fourth-order valence-corrected chi connectivity index (χ4v) is 8.23. The number of hydrogen-bond donors (Lipinski definition) is 2. The summed E-state index contributed by atoms with van der Waals surface area (Å²) < 4.78 is 8.81. The van der Waals surface area contributed by atoms with Gasteiger partial charge in [0.15, 0.2) is 0 Å². The van der Waals surface area contributed by atoms with Gasteiger partial charge in [0, 0.05) is 38.4 Å². The Morgan fingerprint density at radius 3 is 2.00 bits per heavy atom. The molecule has 0 saturated heterocycles. The van der Waals surface area contributed by atoms with Crippen LogP contribution >= 0.6 is 0 Å². The van der Waals surface area contributed by atoms with Gasteiger partial charge in [-0.15, -0.1) is 0 Å². The van der Waals surface area contributed by atoms with Crippen molar-refractivity contribution in [3.63, 3.8) is 0 Å². The second kappa shape index (κ2) is 11.4. The summed E-state index contributed by atoms with van der Waals surface area (Å²) in [5, 5.41) is 17.2. The Bertz CT molecular complexity index is 3030. The number of hydrogen-bond acceptors (Lipinski definition) is 4. The first-order valence-corrected chi connectivity index (χ1v) is 17.8. The Balaban J connectivity index is 1.16. The zero-order chi connectivity index (χ0) is 34.2. The quantitative estimate of drug-likeness (QED) is 0.196. The molecule has 0 radical (unpaired) electrons. The lowest BCUT2D eigenvalue weighted by atomic mass is 9.96. The fourth-order valence-electron chi connectivity index (χ4n) is 8.23. The van der Waals surface area contributed by atoms with Crippen LogP contribution in [-0.2, 0) is 0 Å². The van der Waals surface area contributed by atoms with Gasteiger partial charge in [-0.2, -0.15) is 0 Å². The summed E-state index contributed by atoms with van der Waals surface area (Å²) >= 11 is 0. The number of para-hydroxylation sites is 2. The highest BCUT2D eigenvalue weighted by Crippen LogP contribution is 2.41. The summed E-state index contributed by atoms with van der Waals surface area (Å²) in [6, 6.07) is 60.3. The monoisotopic (exact) mass is 668 g/mol. The maximum Gasteiger partial charge on any atom is 0.136 e. The van der Waals surface area contributed by atoms with Crippen molar-refractivity contribution < 1.29 is 4.42 Å². The molecule has 2 aromatic heterocycles. The van der Waals surface area contributed by atoms with Gasteiger partial charge in [-0.1, -0.05) is 115 Å². The average molecular weight is 669 g/mol. The van der Waals surface area contributed by atoms with Gasteiger partial charge in [0.25, 0.3) is 0 Å². The molecule has 2 atom stereocenters. The van der Waals surface area contributed by atoms with E-state index >= 15 is 0 Å². The molecule has 8 aromatic carbocycles. The molecule has 52 heavy (non-hydrogen) atoms. The van der Waals surface area contributed by atoms with Crippen LogP contribution < -0.4 is 10.6 Å². The zero-order valence-corrected chi connectivity index (χ0v) is 28.1. The van der Waals surface area contributed by atoms with Crippen LogP contribution in [0.2, 0.25) is 0 Å². The third kappa shape index (κ3) is 4.50. The topological polar surface area (TPSA) is 54.5 Å². The average Bonchev–Trinajstić information content (AvgIpc) is 3.74. The lowest BCUT2D eigenvalue weighted by Crippen LogP contribution is -2.45. The van der Waals surface area contributed by atoms with Gasteiger partial charge in [0.05, 0.1) is 11.0 Å². The van der Waals surface area contributed by atoms with Crippen molar-refractivity contribution in [2.24, 2.45) is 4.99 Å². The van der Waals surface area contributed by atoms with Crippen molar-refractivity contribution in [1.82, 2.24) is 15.2 Å². The first-order chi connectivity index (χ1) is 25.8. The molecule has 3 heterocycles. The van der Waals surface area contributed by atoms with Crippen molar-refractivity contribution in [3.8, 4) is 5.69 Å². The van der Waals surface area contributed by atoms with Gasteiger partial charge in [-0.05, 0) is 81.7 Å². The molecular formula is C47H32N4O. The number of rotatable bonds is 4. The summed E-state index contributed by atoms with van der Waals surface area (Å²) in [5.74, 6) is 0.832. The SMILES string of the molecule is c1ccc(C2N=C(c3ccc4oc5cc6ccccc6cc5c4c3)NC(c3c4ccccc4cc4c5ccccc5n(-c5ccccc5)c34)N2)cc1. The molecule has 2 N–H and O–H groups in total. The molecule has 5 heteroatoms. The Hall–Kier alpha value is -6.69. The Morgan fingerprint density at radius 2 is 1.17 bits per heavy atom. The second-order valence-electron chi connectivity index (χ2n) is 13.6. The Labute approximate surface area is 299 Å². The van der Waals surface area contributed by atoms with Crippen LogP contribution in [0.25, 0.3) is 71.0 Å². The normalized spacial score (nSPS) is 16.3. The van der Waals surface area contributed by atoms with E-state index in [2.05, 4.69) is 185 Å². The fraction of sp³-hybridized carbons (Fsp3) is 0.0426. The van der Waals surface area contributed by atoms with Crippen LogP contribution in [0.1, 0.15) is 29.0 Å². The molecule has 0 fully saturated rings. The molecule has 2 unspecified atom stereocenters. The summed E-state index contributed by atoms with van der Waals surface area (Å²) in [6.07, 6.45) is -0.564. The molecule has 0 spiro atoms. The second-order valence-corrected chi connectivity index (χ2v) is 13.6. The number of aliphatic imine (C=N–C) groups is 1. The number of nitrogens with one attached hydrogen (secondary N) is 2. The predicted molar refractivity (Wildman–Crippen MR) is 214 cm³/mol. The molecule has 1 aliphatic heterocycles. The van der Waals surface area contributed by atoms with E-state index in [0.29, 0.717) is 0 Å². The molecule has 5 nitrogen and oxygen atoms in total. The predicted octanol–water partition coefficient (Wildman–Crippen LogP) is 11.3. The summed E-state index contributed by atoms with van der Waals surface area (Å²) in [6.45, 7) is 0. The maximum atomic E-state index is 6.39. The van der Waals surface area contributed by atoms with Crippen LogP contribution in [0.5, 0.6) is 0 Å². The van der Waals surface area contributed by atoms with Gasteiger partial charge in [-0.25, -0.2) is 4.99 Å². The summed E-state index contributed by atoms with van der Waals surface area (Å²) in [7, 11) is 0. The minimum Gasteiger partial charge on any atom is -0.456 e. The number of fused-ring (bicyclic) bond motifs is 8. The van der Waals surface area contributed by atoms with Gasteiger partial charge < -0.3 is 14.3 Å². The van der Waals surface area contributed by atoms with E-state index in [-0.39, 0.29) is 12.3 Å². The lowest BCUT2D eigenvalue weighted by molar-refractivity contribution is 0.412. The number of aromatic nitrogens is 1. The highest BCUT2D eigenvalue weighted by molar-refractivity contribution is 6.16. The highest BCUT2D eigenvalue weighted by Gasteiger charge is 2.30. The van der Waals surface area contributed by atoms with E-state index in [0.717, 1.165) is 44.6 Å². The highest BCUT2D eigenvalue weighted by atomic mass is 16.3. The molecule has 0 amide bonds. The molecule has 11 rings (SSSR count). The minimum absolute atomic E-state index is 0.279. The van der Waals surface area contributed by atoms with E-state index in [1.807, 2.05) is 0 Å². The summed E-state index contributed by atoms with van der Waals surface area (Å²) in [4.78, 5) is 5.36. The first-order valence-electron chi connectivity index (χ1n) is 17.8. The van der Waals surface area contributed by atoms with Gasteiger partial charge >= 0.3 is 0 Å². The Kier molecular flexibility index (Phi) is 6.39. The minimum atomic E-state index is -0.285. The van der Waals surface area contributed by atoms with Crippen molar-refractivity contribution in [2.75, 3.05) is 0 Å². The van der Waals surface area contributed by atoms with Crippen molar-refractivity contribution >= 4 is 71.1 Å². The van der Waals surface area contributed by atoms with Crippen molar-refractivity contribution in [2.45, 2.75) is 12.3 Å². The molecule has 0 bridgehead atoms. The summed E-state index contributed by atoms with van der Waals surface area (Å²) in [5.41, 5.74) is 8.52. The van der Waals surface area contributed by atoms with Gasteiger partial charge in [0.2, 0.25) is 0 Å². The third-order valence-electron chi connectivity index (χ3n) is 10.6. The van der Waals surface area contributed by atoms with Crippen LogP contribution in [0, 0.1) is 0 Å². The Morgan fingerprint density at radius 1 is 0.519 bits per heavy atom. The number of furan rings is 1. The van der Waals surface area contributed by atoms with E-state index < -0.39 is 0 Å². The van der Waals surface area contributed by atoms with Crippen LogP contribution in [0.15, 0.2) is 179 Å². The van der Waals surface area contributed by atoms with Gasteiger partial charge in [-0.3, -0.25) is 5.32 Å². The van der Waals surface area contributed by atoms with E-state index in [1.54, 1.807) is 0 Å². The van der Waals surface area contributed by atoms with E-state index in [4.69, 9.17) is 9.41 Å². The van der Waals surface area contributed by atoms with E-state index in [9.17, 15) is 0 Å². The van der Waals surface area contributed by atoms with Gasteiger partial charge in [0.1, 0.15) is 29.3 Å². The lowest BCUT2D eigenvalue weighted by Gasteiger charge is -2.33. The van der Waals surface area contributed by atoms with Crippen molar-refractivity contribution in [1.29, 1.82) is 0 Å². The molecule has 246 valence electrons. The number of amidine groups is 1. The standard InChI is InChI=1S/C47H32N4O/c1-3-13-29(14-4-1)45-48-46(33-23-24-41-37(27-33)38-25-30-15-7-8-16-31(30)28-42(38)52-41)50-47(49-45)43-35-20-10-9-17-32(35)26-39-36-21-11-12-22-40(36)51(44(39)43)34-18-5-2-6-19-34/h1-28,45,47,49H,(H,48,50). The van der Waals surface area contributed by atoms with Crippen LogP contribution in [0.3, 0.4) is 0 Å². The number of benzene rings is 8. The zero-order valence-electron chi connectivity index (χ0n) is 28.1.